The van der Waals surface area contributed by atoms with Gasteiger partial charge in [-0.15, -0.1) is 11.3 Å². The van der Waals surface area contributed by atoms with Gasteiger partial charge in [-0.1, -0.05) is 0 Å². The molecule has 0 aliphatic rings. The molecular weight excluding hydrogens is 236 g/mol. The van der Waals surface area contributed by atoms with Gasteiger partial charge in [0.05, 0.1) is 12.1 Å². The maximum Gasteiger partial charge on any atom is 0.232 e. The maximum atomic E-state index is 12.0. The number of carbonyl (C=O) groups excluding carboxylic acids is 1. The van der Waals surface area contributed by atoms with Gasteiger partial charge in [0, 0.05) is 30.5 Å². The van der Waals surface area contributed by atoms with E-state index in [0.29, 0.717) is 10.8 Å². The summed E-state index contributed by atoms with van der Waals surface area (Å²) in [5, 5.41) is 2.28. The van der Waals surface area contributed by atoms with Gasteiger partial charge < -0.3 is 10.6 Å². The zero-order valence-corrected chi connectivity index (χ0v) is 10.1. The number of pyridine rings is 1. The van der Waals surface area contributed by atoms with Crippen LogP contribution in [-0.4, -0.2) is 22.9 Å². The minimum Gasteiger partial charge on any atom is -0.375 e. The van der Waals surface area contributed by atoms with Crippen LogP contribution in [0.2, 0.25) is 0 Å². The van der Waals surface area contributed by atoms with Crippen LogP contribution in [-0.2, 0) is 11.2 Å². The fourth-order valence-corrected chi connectivity index (χ4v) is 1.95. The minimum atomic E-state index is -0.0264. The Labute approximate surface area is 103 Å². The van der Waals surface area contributed by atoms with E-state index < -0.39 is 0 Å². The number of thiazole rings is 1. The van der Waals surface area contributed by atoms with Gasteiger partial charge in [-0.3, -0.25) is 9.78 Å². The maximum absolute atomic E-state index is 12.0. The number of hydrogen-bond acceptors (Lipinski definition) is 5. The first-order valence-electron chi connectivity index (χ1n) is 5.03. The highest BCUT2D eigenvalue weighted by atomic mass is 32.1. The molecule has 0 bridgehead atoms. The minimum absolute atomic E-state index is 0.0264. The molecule has 0 radical (unpaired) electrons. The Bertz CT molecular complexity index is 511. The van der Waals surface area contributed by atoms with Crippen molar-refractivity contribution < 1.29 is 4.79 Å². The van der Waals surface area contributed by atoms with Gasteiger partial charge >= 0.3 is 0 Å². The van der Waals surface area contributed by atoms with Crippen LogP contribution in [0.5, 0.6) is 0 Å². The first-order valence-corrected chi connectivity index (χ1v) is 5.91. The average Bonchev–Trinajstić information content (AvgIpc) is 2.75. The van der Waals surface area contributed by atoms with Crippen LogP contribution in [0.25, 0.3) is 0 Å². The number of nitrogen functional groups attached to an aromatic ring is 1. The lowest BCUT2D eigenvalue weighted by molar-refractivity contribution is -0.117. The van der Waals surface area contributed by atoms with E-state index in [1.807, 2.05) is 0 Å². The molecule has 5 nitrogen and oxygen atoms in total. The topological polar surface area (TPSA) is 72.1 Å². The second kappa shape index (κ2) is 4.92. The first-order chi connectivity index (χ1) is 8.16. The van der Waals surface area contributed by atoms with Crippen molar-refractivity contribution in [3.05, 3.63) is 35.6 Å². The van der Waals surface area contributed by atoms with Crippen molar-refractivity contribution in [3.8, 4) is 0 Å². The Hall–Kier alpha value is -1.95. The molecule has 2 heterocycles. The van der Waals surface area contributed by atoms with Crippen LogP contribution in [0.15, 0.2) is 29.9 Å². The van der Waals surface area contributed by atoms with Crippen molar-refractivity contribution in [3.63, 3.8) is 0 Å². The summed E-state index contributed by atoms with van der Waals surface area (Å²) >= 11 is 1.34. The predicted octanol–water partition coefficient (Wildman–Crippen LogP) is 1.33. The predicted molar refractivity (Wildman–Crippen MR) is 67.9 cm³/mol. The SMILES string of the molecule is CN(C(=O)Cc1csc(N)n1)c1ccncc1. The zero-order chi connectivity index (χ0) is 12.3. The Morgan fingerprint density at radius 2 is 2.18 bits per heavy atom. The van der Waals surface area contributed by atoms with Crippen molar-refractivity contribution in [2.45, 2.75) is 6.42 Å². The molecule has 0 unspecified atom stereocenters. The van der Waals surface area contributed by atoms with Crippen molar-refractivity contribution in [2.24, 2.45) is 0 Å². The molecule has 17 heavy (non-hydrogen) atoms. The summed E-state index contributed by atoms with van der Waals surface area (Å²) in [6.45, 7) is 0. The van der Waals surface area contributed by atoms with E-state index in [0.717, 1.165) is 5.69 Å². The van der Waals surface area contributed by atoms with Gasteiger partial charge in [-0.05, 0) is 12.1 Å². The highest BCUT2D eigenvalue weighted by Crippen LogP contribution is 2.15. The molecule has 0 fully saturated rings. The van der Waals surface area contributed by atoms with Gasteiger partial charge in [0.25, 0.3) is 0 Å². The molecule has 0 spiro atoms. The summed E-state index contributed by atoms with van der Waals surface area (Å²) in [6, 6.07) is 3.57. The molecule has 2 N–H and O–H groups in total. The number of rotatable bonds is 3. The quantitative estimate of drug-likeness (QED) is 0.889. The zero-order valence-electron chi connectivity index (χ0n) is 9.33. The molecule has 0 saturated carbocycles. The molecule has 2 rings (SSSR count). The number of anilines is 2. The lowest BCUT2D eigenvalue weighted by Gasteiger charge is -2.16. The largest absolute Gasteiger partial charge is 0.375 e. The number of likely N-dealkylation sites (N-methyl/N-ethyl adjacent to an activating group) is 1. The molecule has 2 aromatic rings. The van der Waals surface area contributed by atoms with Gasteiger partial charge in [0.1, 0.15) is 0 Å². The Morgan fingerprint density at radius 1 is 1.47 bits per heavy atom. The van der Waals surface area contributed by atoms with E-state index in [-0.39, 0.29) is 12.3 Å². The molecule has 0 saturated heterocycles. The normalized spacial score (nSPS) is 10.2. The Kier molecular flexibility index (Phi) is 3.34. The number of hydrogen-bond donors (Lipinski definition) is 1. The molecule has 2 aromatic heterocycles. The summed E-state index contributed by atoms with van der Waals surface area (Å²) in [4.78, 5) is 21.5. The summed E-state index contributed by atoms with van der Waals surface area (Å²) in [6.07, 6.45) is 3.56. The fourth-order valence-electron chi connectivity index (χ4n) is 1.39. The molecule has 0 aromatic carbocycles. The third-order valence-corrected chi connectivity index (χ3v) is 3.05. The second-order valence-electron chi connectivity index (χ2n) is 3.51. The van der Waals surface area contributed by atoms with E-state index >= 15 is 0 Å². The molecule has 88 valence electrons. The monoisotopic (exact) mass is 248 g/mol. The van der Waals surface area contributed by atoms with Gasteiger partial charge in [-0.2, -0.15) is 0 Å². The smallest absolute Gasteiger partial charge is 0.232 e. The van der Waals surface area contributed by atoms with E-state index in [1.54, 1.807) is 41.9 Å². The molecule has 0 aliphatic heterocycles. The molecular formula is C11H12N4OS. The molecule has 1 amide bonds. The lowest BCUT2D eigenvalue weighted by Crippen LogP contribution is -2.27. The second-order valence-corrected chi connectivity index (χ2v) is 4.40. The van der Waals surface area contributed by atoms with Crippen molar-refractivity contribution >= 4 is 28.1 Å². The van der Waals surface area contributed by atoms with E-state index in [2.05, 4.69) is 9.97 Å². The average molecular weight is 248 g/mol. The van der Waals surface area contributed by atoms with Crippen molar-refractivity contribution in [2.75, 3.05) is 17.7 Å². The highest BCUT2D eigenvalue weighted by molar-refractivity contribution is 7.13. The van der Waals surface area contributed by atoms with Crippen LogP contribution in [0.1, 0.15) is 5.69 Å². The number of carbonyl (C=O) groups is 1. The summed E-state index contributed by atoms with van der Waals surface area (Å²) in [5.74, 6) is -0.0264. The fraction of sp³-hybridized carbons (Fsp3) is 0.182. The first kappa shape index (κ1) is 11.5. The number of nitrogens with zero attached hydrogens (tertiary/aromatic N) is 3. The molecule has 0 aliphatic carbocycles. The van der Waals surface area contributed by atoms with E-state index in [9.17, 15) is 4.79 Å². The van der Waals surface area contributed by atoms with Crippen LogP contribution in [0, 0.1) is 0 Å². The van der Waals surface area contributed by atoms with Gasteiger partial charge in [-0.25, -0.2) is 4.98 Å². The standard InChI is InChI=1S/C11H12N4OS/c1-15(9-2-4-13-5-3-9)10(16)6-8-7-17-11(12)14-8/h2-5,7H,6H2,1H3,(H2,12,14). The van der Waals surface area contributed by atoms with Crippen LogP contribution >= 0.6 is 11.3 Å². The van der Waals surface area contributed by atoms with Crippen molar-refractivity contribution in [1.82, 2.24) is 9.97 Å². The van der Waals surface area contributed by atoms with Crippen LogP contribution < -0.4 is 10.6 Å². The number of amides is 1. The summed E-state index contributed by atoms with van der Waals surface area (Å²) < 4.78 is 0. The van der Waals surface area contributed by atoms with E-state index in [1.165, 1.54) is 11.3 Å². The van der Waals surface area contributed by atoms with Crippen molar-refractivity contribution in [1.29, 1.82) is 0 Å². The Morgan fingerprint density at radius 3 is 2.76 bits per heavy atom. The lowest BCUT2D eigenvalue weighted by atomic mass is 10.3. The summed E-state index contributed by atoms with van der Waals surface area (Å²) in [7, 11) is 1.73. The molecule has 0 atom stereocenters. The Balaban J connectivity index is 2.06. The number of nitrogens with two attached hydrogens (primary N) is 1. The third-order valence-electron chi connectivity index (χ3n) is 2.33. The molecule has 6 heteroatoms. The van der Waals surface area contributed by atoms with Gasteiger partial charge in [0.2, 0.25) is 5.91 Å². The number of aromatic nitrogens is 2. The van der Waals surface area contributed by atoms with Gasteiger partial charge in [0.15, 0.2) is 5.13 Å². The van der Waals surface area contributed by atoms with Crippen LogP contribution in [0.4, 0.5) is 10.8 Å². The van der Waals surface area contributed by atoms with E-state index in [4.69, 9.17) is 5.73 Å². The highest BCUT2D eigenvalue weighted by Gasteiger charge is 2.12. The summed E-state index contributed by atoms with van der Waals surface area (Å²) in [5.41, 5.74) is 7.04. The van der Waals surface area contributed by atoms with Crippen LogP contribution in [0.3, 0.4) is 0 Å². The third kappa shape index (κ3) is 2.79.